The van der Waals surface area contributed by atoms with Crippen LogP contribution in [0.15, 0.2) is 133 Å². The van der Waals surface area contributed by atoms with E-state index in [0.717, 1.165) is 43.1 Å². The molecule has 0 radical (unpaired) electrons. The normalized spacial score (nSPS) is 11.6. The summed E-state index contributed by atoms with van der Waals surface area (Å²) in [6.45, 7) is 0.604. The van der Waals surface area contributed by atoms with Gasteiger partial charge in [0.1, 0.15) is 23.0 Å². The van der Waals surface area contributed by atoms with Crippen LogP contribution in [-0.4, -0.2) is 20.4 Å². The van der Waals surface area contributed by atoms with Crippen molar-refractivity contribution in [3.8, 4) is 45.3 Å². The highest BCUT2D eigenvalue weighted by Gasteiger charge is 2.22. The summed E-state index contributed by atoms with van der Waals surface area (Å²) in [6, 6.07) is 42.4. The molecule has 0 aliphatic carbocycles. The Morgan fingerprint density at radius 3 is 1.11 bits per heavy atom. The van der Waals surface area contributed by atoms with Gasteiger partial charge in [-0.2, -0.15) is 0 Å². The molecule has 0 amide bonds. The highest BCUT2D eigenvalue weighted by atomic mass is 16.3. The number of nitrogens with one attached hydrogen (secondary N) is 1. The van der Waals surface area contributed by atoms with Crippen molar-refractivity contribution >= 4 is 43.1 Å². The van der Waals surface area contributed by atoms with Crippen molar-refractivity contribution < 1.29 is 20.4 Å². The van der Waals surface area contributed by atoms with Crippen LogP contribution in [0.3, 0.4) is 0 Å². The minimum absolute atomic E-state index is 0.0898. The molecule has 0 saturated heterocycles. The molecule has 0 aromatic heterocycles. The molecule has 0 fully saturated rings. The molecule has 8 rings (SSSR count). The number of hydrogen-bond donors (Lipinski definition) is 5. The van der Waals surface area contributed by atoms with Gasteiger partial charge in [-0.1, -0.05) is 109 Å². The first-order valence-corrected chi connectivity index (χ1v) is 15.6. The molecule has 5 nitrogen and oxygen atoms in total. The van der Waals surface area contributed by atoms with E-state index in [9.17, 15) is 20.4 Å². The topological polar surface area (TPSA) is 93.0 Å². The van der Waals surface area contributed by atoms with E-state index in [-0.39, 0.29) is 23.0 Å². The predicted molar refractivity (Wildman–Crippen MR) is 191 cm³/mol. The van der Waals surface area contributed by atoms with Crippen LogP contribution in [0.1, 0.15) is 11.1 Å². The molecule has 5 N–H and O–H groups in total. The smallest absolute Gasteiger partial charge is 0.128 e. The van der Waals surface area contributed by atoms with Gasteiger partial charge in [-0.25, -0.2) is 0 Å². The van der Waals surface area contributed by atoms with E-state index in [4.69, 9.17) is 0 Å². The Balaban J connectivity index is 1.22. The molecule has 0 heterocycles. The number of phenols is 4. The second kappa shape index (κ2) is 11.4. The van der Waals surface area contributed by atoms with Crippen LogP contribution in [0.25, 0.3) is 65.3 Å². The second-order valence-electron chi connectivity index (χ2n) is 11.9. The third-order valence-electron chi connectivity index (χ3n) is 9.15. The molecule has 0 atom stereocenters. The molecule has 5 heteroatoms. The van der Waals surface area contributed by atoms with Gasteiger partial charge >= 0.3 is 0 Å². The maximum Gasteiger partial charge on any atom is 0.128 e. The van der Waals surface area contributed by atoms with Gasteiger partial charge in [0.15, 0.2) is 0 Å². The van der Waals surface area contributed by atoms with Gasteiger partial charge in [-0.3, -0.25) is 0 Å². The van der Waals surface area contributed by atoms with E-state index in [0.29, 0.717) is 46.5 Å². The maximum atomic E-state index is 11.8. The summed E-state index contributed by atoms with van der Waals surface area (Å²) in [5.74, 6) is 0.373. The third-order valence-corrected chi connectivity index (χ3v) is 9.15. The first-order valence-electron chi connectivity index (χ1n) is 15.6. The van der Waals surface area contributed by atoms with Gasteiger partial charge in [0.25, 0.3) is 0 Å². The van der Waals surface area contributed by atoms with Crippen LogP contribution in [0, 0.1) is 0 Å². The lowest BCUT2D eigenvalue weighted by Crippen LogP contribution is -2.13. The van der Waals surface area contributed by atoms with Crippen molar-refractivity contribution in [3.63, 3.8) is 0 Å². The van der Waals surface area contributed by atoms with Gasteiger partial charge in [-0.05, 0) is 67.4 Å². The molecule has 0 aliphatic rings. The first-order chi connectivity index (χ1) is 23.0. The summed E-state index contributed by atoms with van der Waals surface area (Å²) in [4.78, 5) is 0. The minimum Gasteiger partial charge on any atom is -0.507 e. The van der Waals surface area contributed by atoms with Crippen LogP contribution in [0.2, 0.25) is 0 Å². The quantitative estimate of drug-likeness (QED) is 0.129. The molecular weight excluding hydrogens is 582 g/mol. The molecule has 228 valence electrons. The van der Waals surface area contributed by atoms with E-state index >= 15 is 0 Å². The van der Waals surface area contributed by atoms with Gasteiger partial charge in [0.05, 0.1) is 0 Å². The largest absolute Gasteiger partial charge is 0.507 e. The zero-order valence-corrected chi connectivity index (χ0v) is 25.4. The fourth-order valence-electron chi connectivity index (χ4n) is 6.94. The Labute approximate surface area is 271 Å². The molecular formula is C42H31NO4. The fourth-order valence-corrected chi connectivity index (χ4v) is 6.94. The lowest BCUT2D eigenvalue weighted by Gasteiger charge is -2.19. The Kier molecular flexibility index (Phi) is 6.89. The van der Waals surface area contributed by atoms with Crippen molar-refractivity contribution in [2.75, 3.05) is 0 Å². The van der Waals surface area contributed by atoms with E-state index in [1.807, 2.05) is 121 Å². The number of benzene rings is 8. The van der Waals surface area contributed by atoms with Crippen molar-refractivity contribution in [1.82, 2.24) is 5.32 Å². The van der Waals surface area contributed by atoms with E-state index in [1.54, 1.807) is 12.1 Å². The number of phenolic OH excluding ortho intramolecular Hbond substituents is 4. The van der Waals surface area contributed by atoms with Crippen LogP contribution >= 0.6 is 0 Å². The summed E-state index contributed by atoms with van der Waals surface area (Å²) < 4.78 is 0. The summed E-state index contributed by atoms with van der Waals surface area (Å²) in [6.07, 6.45) is 0. The number of hydrogen-bond acceptors (Lipinski definition) is 5. The van der Waals surface area contributed by atoms with E-state index in [1.165, 1.54) is 0 Å². The number of fused-ring (bicyclic) bond motifs is 4. The lowest BCUT2D eigenvalue weighted by molar-refractivity contribution is 0.458. The average molecular weight is 614 g/mol. The Bertz CT molecular complexity index is 2330. The van der Waals surface area contributed by atoms with Crippen LogP contribution in [0.5, 0.6) is 23.0 Å². The van der Waals surface area contributed by atoms with Crippen molar-refractivity contribution in [2.45, 2.75) is 13.1 Å². The molecule has 0 bridgehead atoms. The fraction of sp³-hybridized carbons (Fsp3) is 0.0476. The van der Waals surface area contributed by atoms with Gasteiger partial charge in [0.2, 0.25) is 0 Å². The van der Waals surface area contributed by atoms with Crippen molar-refractivity contribution in [3.05, 3.63) is 145 Å². The Morgan fingerprint density at radius 1 is 0.362 bits per heavy atom. The standard InChI is InChI=1S/C42H31NO4/c44-35-19-17-25-9-1-5-13-31(25)37(35)39-33-15-7-3-11-27(33)21-29(41(39)46)23-43-24-30-22-28-12-4-8-16-34(28)40(42(30)47)38-32-14-6-2-10-26(32)18-20-36(38)45/h1-22,43-47H,23-24H2. The highest BCUT2D eigenvalue weighted by molar-refractivity contribution is 6.11. The molecule has 0 spiro atoms. The molecule has 0 unspecified atom stereocenters. The highest BCUT2D eigenvalue weighted by Crippen LogP contribution is 2.48. The molecule has 8 aromatic carbocycles. The van der Waals surface area contributed by atoms with Crippen LogP contribution < -0.4 is 5.32 Å². The lowest BCUT2D eigenvalue weighted by atomic mass is 9.90. The third kappa shape index (κ3) is 4.76. The SMILES string of the molecule is Oc1ccc2ccccc2c1-c1c(O)c(CNCc2cc3ccccc3c(-c3c(O)ccc4ccccc34)c2O)cc2ccccc12. The van der Waals surface area contributed by atoms with E-state index < -0.39 is 0 Å². The Hall–Kier alpha value is -6.04. The van der Waals surface area contributed by atoms with Crippen molar-refractivity contribution in [1.29, 1.82) is 0 Å². The number of rotatable bonds is 6. The summed E-state index contributed by atoms with van der Waals surface area (Å²) >= 11 is 0. The summed E-state index contributed by atoms with van der Waals surface area (Å²) in [7, 11) is 0. The average Bonchev–Trinajstić information content (AvgIpc) is 3.10. The van der Waals surface area contributed by atoms with Gasteiger partial charge < -0.3 is 25.7 Å². The molecule has 8 aromatic rings. The molecule has 0 saturated carbocycles. The van der Waals surface area contributed by atoms with Gasteiger partial charge in [-0.15, -0.1) is 0 Å². The second-order valence-corrected chi connectivity index (χ2v) is 11.9. The minimum atomic E-state index is 0.0898. The molecule has 0 aliphatic heterocycles. The first kappa shape index (κ1) is 28.4. The van der Waals surface area contributed by atoms with Crippen LogP contribution in [-0.2, 0) is 13.1 Å². The number of aromatic hydroxyl groups is 4. The van der Waals surface area contributed by atoms with Crippen LogP contribution in [0.4, 0.5) is 0 Å². The predicted octanol–water partition coefficient (Wildman–Crippen LogP) is 9.75. The monoisotopic (exact) mass is 613 g/mol. The zero-order chi connectivity index (χ0) is 32.1. The zero-order valence-electron chi connectivity index (χ0n) is 25.4. The maximum absolute atomic E-state index is 11.8. The van der Waals surface area contributed by atoms with E-state index in [2.05, 4.69) is 5.32 Å². The van der Waals surface area contributed by atoms with Crippen molar-refractivity contribution in [2.24, 2.45) is 0 Å². The summed E-state index contributed by atoms with van der Waals surface area (Å²) in [5.41, 5.74) is 3.67. The summed E-state index contributed by atoms with van der Waals surface area (Å²) in [5, 5.41) is 56.5. The molecule has 47 heavy (non-hydrogen) atoms. The Morgan fingerprint density at radius 2 is 0.702 bits per heavy atom. The van der Waals surface area contributed by atoms with Gasteiger partial charge in [0, 0.05) is 46.5 Å².